The number of piperazine rings is 1. The van der Waals surface area contributed by atoms with Gasteiger partial charge in [0.1, 0.15) is 22.4 Å². The summed E-state index contributed by atoms with van der Waals surface area (Å²) in [4.78, 5) is 22.0. The maximum atomic E-state index is 13.6. The number of aromatic nitrogens is 2. The van der Waals surface area contributed by atoms with E-state index in [2.05, 4.69) is 17.0 Å². The van der Waals surface area contributed by atoms with Crippen molar-refractivity contribution in [3.05, 3.63) is 105 Å². The Morgan fingerprint density at radius 1 is 0.919 bits per heavy atom. The summed E-state index contributed by atoms with van der Waals surface area (Å²) < 4.78 is 28.0. The summed E-state index contributed by atoms with van der Waals surface area (Å²) >= 11 is 0. The van der Waals surface area contributed by atoms with Crippen molar-refractivity contribution < 1.29 is 8.42 Å². The molecule has 186 valence electrons. The van der Waals surface area contributed by atoms with Crippen molar-refractivity contribution in [3.63, 3.8) is 0 Å². The Kier molecular flexibility index (Phi) is 6.51. The molecule has 37 heavy (non-hydrogen) atoms. The lowest BCUT2D eigenvalue weighted by molar-refractivity contribution is 0.603. The number of allylic oxidation sites excluding steroid dienone is 1. The number of benzene rings is 2. The first-order chi connectivity index (χ1) is 17.9. The molecule has 1 fully saturated rings. The molecule has 1 aliphatic heterocycles. The largest absolute Gasteiger partial charge is 0.368 e. The summed E-state index contributed by atoms with van der Waals surface area (Å²) in [6, 6.07) is 23.4. The number of nitriles is 1. The molecule has 0 aliphatic carbocycles. The molecule has 0 amide bonds. The molecule has 0 saturated carbocycles. The summed E-state index contributed by atoms with van der Waals surface area (Å²) in [7, 11) is -4.13. The van der Waals surface area contributed by atoms with Gasteiger partial charge in [-0.1, -0.05) is 42.0 Å². The number of rotatable bonds is 5. The Morgan fingerprint density at radius 2 is 1.57 bits per heavy atom. The molecule has 0 N–H and O–H groups in total. The number of hydrogen-bond donors (Lipinski definition) is 0. The van der Waals surface area contributed by atoms with Gasteiger partial charge in [0.25, 0.3) is 5.56 Å². The molecule has 0 spiro atoms. The Balaban J connectivity index is 1.59. The topological polar surface area (TPSA) is 98.8 Å². The van der Waals surface area contributed by atoms with E-state index in [1.165, 1.54) is 22.6 Å². The second kappa shape index (κ2) is 9.91. The highest BCUT2D eigenvalue weighted by molar-refractivity contribution is 7.95. The first-order valence-corrected chi connectivity index (χ1v) is 13.4. The number of nitrogens with zero attached hydrogens (tertiary/aromatic N) is 5. The third kappa shape index (κ3) is 4.71. The lowest BCUT2D eigenvalue weighted by Crippen LogP contribution is -2.47. The second-order valence-corrected chi connectivity index (χ2v) is 10.7. The van der Waals surface area contributed by atoms with Gasteiger partial charge in [-0.2, -0.15) is 5.26 Å². The third-order valence-corrected chi connectivity index (χ3v) is 8.14. The zero-order valence-corrected chi connectivity index (χ0v) is 21.1. The highest BCUT2D eigenvalue weighted by Crippen LogP contribution is 2.26. The summed E-state index contributed by atoms with van der Waals surface area (Å²) in [6.45, 7) is 4.42. The van der Waals surface area contributed by atoms with Gasteiger partial charge in [0.15, 0.2) is 0 Å². The van der Waals surface area contributed by atoms with Gasteiger partial charge in [-0.25, -0.2) is 13.4 Å². The Labute approximate surface area is 215 Å². The van der Waals surface area contributed by atoms with Crippen LogP contribution in [0.5, 0.6) is 0 Å². The normalized spacial score (nSPS) is 14.5. The highest BCUT2D eigenvalue weighted by Gasteiger charge is 2.26. The number of aryl methyl sites for hydroxylation is 1. The fraction of sp³-hybridized carbons (Fsp3) is 0.179. The number of sulfone groups is 1. The minimum atomic E-state index is -4.13. The number of fused-ring (bicyclic) bond motifs is 1. The predicted molar refractivity (Wildman–Crippen MR) is 144 cm³/mol. The minimum Gasteiger partial charge on any atom is -0.368 e. The fourth-order valence-electron chi connectivity index (χ4n) is 4.42. The number of anilines is 2. The summed E-state index contributed by atoms with van der Waals surface area (Å²) in [5.41, 5.74) is 2.10. The van der Waals surface area contributed by atoms with E-state index in [-0.39, 0.29) is 10.5 Å². The van der Waals surface area contributed by atoms with Crippen molar-refractivity contribution in [3.8, 4) is 6.07 Å². The molecule has 0 unspecified atom stereocenters. The number of para-hydroxylation sites is 1. The van der Waals surface area contributed by atoms with Crippen LogP contribution in [0, 0.1) is 18.3 Å². The molecular weight excluding hydrogens is 486 g/mol. The quantitative estimate of drug-likeness (QED) is 0.377. The first-order valence-electron chi connectivity index (χ1n) is 11.9. The molecule has 1 saturated heterocycles. The molecule has 0 atom stereocenters. The zero-order chi connectivity index (χ0) is 26.0. The molecule has 2 aromatic heterocycles. The Hall–Kier alpha value is -4.42. The van der Waals surface area contributed by atoms with E-state index >= 15 is 0 Å². The van der Waals surface area contributed by atoms with Gasteiger partial charge in [0.2, 0.25) is 9.84 Å². The standard InChI is InChI=1S/C28H25N5O3S/c1-21-10-12-23(13-11-21)37(35,36)24(20-29)19-25-27(30-26-9-5-6-14-33(26)28(25)34)32-17-15-31(16-18-32)22-7-3-2-4-8-22/h2-14,19H,15-18H2,1H3/b24-19+. The molecule has 4 aromatic rings. The molecular formula is C28H25N5O3S. The van der Waals surface area contributed by atoms with Crippen LogP contribution in [0.2, 0.25) is 0 Å². The van der Waals surface area contributed by atoms with E-state index in [1.807, 2.05) is 36.1 Å². The summed E-state index contributed by atoms with van der Waals surface area (Å²) in [5.74, 6) is 0.371. The minimum absolute atomic E-state index is 0.00206. The molecule has 9 heteroatoms. The van der Waals surface area contributed by atoms with Crippen molar-refractivity contribution in [1.29, 1.82) is 5.26 Å². The van der Waals surface area contributed by atoms with Gasteiger partial charge >= 0.3 is 0 Å². The van der Waals surface area contributed by atoms with Gasteiger partial charge < -0.3 is 9.80 Å². The van der Waals surface area contributed by atoms with Crippen molar-refractivity contribution in [2.24, 2.45) is 0 Å². The maximum Gasteiger partial charge on any atom is 0.267 e. The van der Waals surface area contributed by atoms with Crippen LogP contribution in [0.15, 0.2) is 93.6 Å². The average molecular weight is 512 g/mol. The van der Waals surface area contributed by atoms with E-state index in [1.54, 1.807) is 36.5 Å². The Bertz CT molecular complexity index is 1680. The zero-order valence-electron chi connectivity index (χ0n) is 20.3. The van der Waals surface area contributed by atoms with E-state index in [4.69, 9.17) is 4.98 Å². The Morgan fingerprint density at radius 3 is 2.24 bits per heavy atom. The molecule has 8 nitrogen and oxygen atoms in total. The number of pyridine rings is 1. The van der Waals surface area contributed by atoms with Crippen LogP contribution >= 0.6 is 0 Å². The lowest BCUT2D eigenvalue weighted by Gasteiger charge is -2.37. The van der Waals surface area contributed by atoms with Crippen molar-refractivity contribution in [2.75, 3.05) is 36.0 Å². The summed E-state index contributed by atoms with van der Waals surface area (Å²) in [5, 5.41) is 9.86. The molecule has 3 heterocycles. The molecule has 5 rings (SSSR count). The van der Waals surface area contributed by atoms with Gasteiger partial charge in [-0.3, -0.25) is 9.20 Å². The molecule has 0 bridgehead atoms. The highest BCUT2D eigenvalue weighted by atomic mass is 32.2. The van der Waals surface area contributed by atoms with Gasteiger partial charge in [0.05, 0.1) is 10.5 Å². The van der Waals surface area contributed by atoms with Crippen molar-refractivity contribution in [2.45, 2.75) is 11.8 Å². The molecule has 1 aliphatic rings. The van der Waals surface area contributed by atoms with E-state index in [9.17, 15) is 18.5 Å². The molecule has 0 radical (unpaired) electrons. The fourth-order valence-corrected chi connectivity index (χ4v) is 5.56. The SMILES string of the molecule is Cc1ccc(S(=O)(=O)/C(C#N)=C/c2c(N3CCN(c4ccccc4)CC3)nc3ccccn3c2=O)cc1. The number of hydrogen-bond acceptors (Lipinski definition) is 7. The maximum absolute atomic E-state index is 13.6. The van der Waals surface area contributed by atoms with Crippen LogP contribution in [0.1, 0.15) is 11.1 Å². The van der Waals surface area contributed by atoms with Crippen LogP contribution < -0.4 is 15.4 Å². The lowest BCUT2D eigenvalue weighted by atomic mass is 10.2. The average Bonchev–Trinajstić information content (AvgIpc) is 2.93. The van der Waals surface area contributed by atoms with Gasteiger partial charge in [-0.05, 0) is 49.4 Å². The second-order valence-electron chi connectivity index (χ2n) is 8.83. The predicted octanol–water partition coefficient (Wildman–Crippen LogP) is 3.67. The van der Waals surface area contributed by atoms with Gasteiger partial charge in [-0.15, -0.1) is 0 Å². The van der Waals surface area contributed by atoms with Crippen molar-refractivity contribution >= 4 is 33.1 Å². The monoisotopic (exact) mass is 511 g/mol. The molecule has 2 aromatic carbocycles. The first kappa shape index (κ1) is 24.3. The van der Waals surface area contributed by atoms with E-state index in [0.717, 1.165) is 11.3 Å². The van der Waals surface area contributed by atoms with Crippen molar-refractivity contribution in [1.82, 2.24) is 9.38 Å². The van der Waals surface area contributed by atoms with Gasteiger partial charge in [0, 0.05) is 38.1 Å². The van der Waals surface area contributed by atoms with Crippen LogP contribution in [0.4, 0.5) is 11.5 Å². The van der Waals surface area contributed by atoms with E-state index in [0.29, 0.717) is 37.6 Å². The summed E-state index contributed by atoms with van der Waals surface area (Å²) in [6.07, 6.45) is 2.75. The van der Waals surface area contributed by atoms with Crippen LogP contribution in [0.3, 0.4) is 0 Å². The van der Waals surface area contributed by atoms with Crippen LogP contribution in [-0.2, 0) is 9.84 Å². The van der Waals surface area contributed by atoms with Crippen LogP contribution in [0.25, 0.3) is 11.7 Å². The van der Waals surface area contributed by atoms with E-state index < -0.39 is 20.3 Å². The van der Waals surface area contributed by atoms with Crippen LogP contribution in [-0.4, -0.2) is 44.0 Å². The third-order valence-electron chi connectivity index (χ3n) is 6.46. The smallest absolute Gasteiger partial charge is 0.267 e.